The number of benzene rings is 1. The van der Waals surface area contributed by atoms with Crippen LogP contribution in [0.4, 0.5) is 5.69 Å². The predicted octanol–water partition coefficient (Wildman–Crippen LogP) is 2.01. The second-order valence-corrected chi connectivity index (χ2v) is 6.25. The quantitative estimate of drug-likeness (QED) is 0.690. The lowest BCUT2D eigenvalue weighted by Crippen LogP contribution is -2.27. The van der Waals surface area contributed by atoms with E-state index >= 15 is 0 Å². The molecule has 0 radical (unpaired) electrons. The molecule has 0 fully saturated rings. The Morgan fingerprint density at radius 2 is 1.88 bits per heavy atom. The molecule has 2 heterocycles. The number of rotatable bonds is 6. The summed E-state index contributed by atoms with van der Waals surface area (Å²) >= 11 is 0. The lowest BCUT2D eigenvalue weighted by molar-refractivity contribution is 0.632. The summed E-state index contributed by atoms with van der Waals surface area (Å²) in [5, 5.41) is 8.53. The average molecular weight is 337 g/mol. The molecule has 0 amide bonds. The molecule has 25 heavy (non-hydrogen) atoms. The summed E-state index contributed by atoms with van der Waals surface area (Å²) in [4.78, 5) is 14.4. The maximum absolute atomic E-state index is 12.4. The summed E-state index contributed by atoms with van der Waals surface area (Å²) in [5.41, 5.74) is 4.05. The van der Waals surface area contributed by atoms with Crippen molar-refractivity contribution >= 4 is 5.69 Å². The van der Waals surface area contributed by atoms with Crippen molar-refractivity contribution in [2.45, 2.75) is 19.9 Å². The van der Waals surface area contributed by atoms with E-state index in [1.54, 1.807) is 23.1 Å². The summed E-state index contributed by atoms with van der Waals surface area (Å²) in [6.07, 6.45) is 4.46. The van der Waals surface area contributed by atoms with Crippen molar-refractivity contribution in [1.29, 1.82) is 0 Å². The van der Waals surface area contributed by atoms with Crippen molar-refractivity contribution in [2.24, 2.45) is 7.05 Å². The first-order valence-electron chi connectivity index (χ1n) is 8.34. The maximum Gasteiger partial charge on any atom is 0.269 e. The third-order valence-electron chi connectivity index (χ3n) is 4.53. The van der Waals surface area contributed by atoms with Crippen molar-refractivity contribution in [2.75, 3.05) is 18.5 Å². The molecule has 0 unspecified atom stereocenters. The van der Waals surface area contributed by atoms with Crippen LogP contribution >= 0.6 is 0 Å². The summed E-state index contributed by atoms with van der Waals surface area (Å²) in [6.45, 7) is 3.25. The van der Waals surface area contributed by atoms with Gasteiger partial charge in [0.15, 0.2) is 0 Å². The zero-order valence-electron chi connectivity index (χ0n) is 14.9. The van der Waals surface area contributed by atoms with Gasteiger partial charge >= 0.3 is 0 Å². The highest BCUT2D eigenvalue weighted by molar-refractivity contribution is 5.42. The SMILES string of the molecule is Cc1c(Cn2ncc(N(C)CCc3ccccc3)cc2=O)cnn1C. The number of hydrogen-bond acceptors (Lipinski definition) is 4. The Bertz CT molecular complexity index is 898. The van der Waals surface area contributed by atoms with E-state index in [1.165, 1.54) is 10.2 Å². The van der Waals surface area contributed by atoms with Gasteiger partial charge in [0.25, 0.3) is 5.56 Å². The summed E-state index contributed by atoms with van der Waals surface area (Å²) < 4.78 is 3.27. The molecular formula is C19H23N5O. The van der Waals surface area contributed by atoms with E-state index in [1.807, 2.05) is 39.2 Å². The fourth-order valence-corrected chi connectivity index (χ4v) is 2.68. The first kappa shape index (κ1) is 17.0. The van der Waals surface area contributed by atoms with Gasteiger partial charge in [-0.05, 0) is 18.9 Å². The lowest BCUT2D eigenvalue weighted by Gasteiger charge is -2.19. The Morgan fingerprint density at radius 3 is 2.52 bits per heavy atom. The van der Waals surface area contributed by atoms with Crippen LogP contribution in [0.25, 0.3) is 0 Å². The van der Waals surface area contributed by atoms with Gasteiger partial charge < -0.3 is 4.90 Å². The van der Waals surface area contributed by atoms with Crippen molar-refractivity contribution in [3.63, 3.8) is 0 Å². The van der Waals surface area contributed by atoms with Gasteiger partial charge in [-0.15, -0.1) is 0 Å². The molecule has 6 nitrogen and oxygen atoms in total. The average Bonchev–Trinajstić information content (AvgIpc) is 2.94. The van der Waals surface area contributed by atoms with Crippen LogP contribution in [0.1, 0.15) is 16.8 Å². The number of aryl methyl sites for hydroxylation is 1. The molecule has 2 aromatic heterocycles. The third kappa shape index (κ3) is 3.96. The van der Waals surface area contributed by atoms with Gasteiger partial charge in [0.2, 0.25) is 0 Å². The molecule has 3 rings (SSSR count). The van der Waals surface area contributed by atoms with Crippen LogP contribution in [-0.2, 0) is 20.0 Å². The Kier molecular flexibility index (Phi) is 4.97. The summed E-state index contributed by atoms with van der Waals surface area (Å²) in [7, 11) is 3.87. The minimum Gasteiger partial charge on any atom is -0.373 e. The summed E-state index contributed by atoms with van der Waals surface area (Å²) in [5.74, 6) is 0. The lowest BCUT2D eigenvalue weighted by atomic mass is 10.1. The number of likely N-dealkylation sites (N-methyl/N-ethyl adjacent to an activating group) is 1. The molecule has 0 N–H and O–H groups in total. The minimum absolute atomic E-state index is 0.104. The van der Waals surface area contributed by atoms with Crippen LogP contribution in [0.3, 0.4) is 0 Å². The van der Waals surface area contributed by atoms with Crippen LogP contribution in [0.5, 0.6) is 0 Å². The van der Waals surface area contributed by atoms with E-state index in [4.69, 9.17) is 0 Å². The number of hydrogen-bond donors (Lipinski definition) is 0. The number of aromatic nitrogens is 4. The van der Waals surface area contributed by atoms with Gasteiger partial charge in [-0.1, -0.05) is 30.3 Å². The zero-order valence-corrected chi connectivity index (χ0v) is 14.9. The molecular weight excluding hydrogens is 314 g/mol. The van der Waals surface area contributed by atoms with Crippen LogP contribution < -0.4 is 10.5 Å². The van der Waals surface area contributed by atoms with Gasteiger partial charge in [-0.2, -0.15) is 10.2 Å². The fourth-order valence-electron chi connectivity index (χ4n) is 2.68. The number of anilines is 1. The van der Waals surface area contributed by atoms with Crippen LogP contribution in [0, 0.1) is 6.92 Å². The van der Waals surface area contributed by atoms with Gasteiger partial charge in [0, 0.05) is 38.0 Å². The van der Waals surface area contributed by atoms with Crippen LogP contribution in [0.15, 0.2) is 53.6 Å². The second kappa shape index (κ2) is 7.34. The van der Waals surface area contributed by atoms with Gasteiger partial charge in [0.05, 0.1) is 24.6 Å². The monoisotopic (exact) mass is 337 g/mol. The molecule has 6 heteroatoms. The molecule has 0 bridgehead atoms. The van der Waals surface area contributed by atoms with Crippen molar-refractivity contribution in [1.82, 2.24) is 19.6 Å². The summed E-state index contributed by atoms with van der Waals surface area (Å²) in [6, 6.07) is 12.0. The third-order valence-corrected chi connectivity index (χ3v) is 4.53. The minimum atomic E-state index is -0.104. The Hall–Kier alpha value is -2.89. The topological polar surface area (TPSA) is 56.0 Å². The second-order valence-electron chi connectivity index (χ2n) is 6.25. The van der Waals surface area contributed by atoms with E-state index in [9.17, 15) is 4.79 Å². The highest BCUT2D eigenvalue weighted by Crippen LogP contribution is 2.10. The maximum atomic E-state index is 12.4. The van der Waals surface area contributed by atoms with Gasteiger partial charge in [-0.25, -0.2) is 4.68 Å². The molecule has 1 aromatic carbocycles. The van der Waals surface area contributed by atoms with Crippen LogP contribution in [-0.4, -0.2) is 33.2 Å². The van der Waals surface area contributed by atoms with Gasteiger partial charge in [0.1, 0.15) is 0 Å². The van der Waals surface area contributed by atoms with E-state index in [-0.39, 0.29) is 5.56 Å². The molecule has 0 aliphatic heterocycles. The molecule has 0 atom stereocenters. The van der Waals surface area contributed by atoms with Crippen molar-refractivity contribution < 1.29 is 0 Å². The molecule has 0 spiro atoms. The van der Waals surface area contributed by atoms with Crippen LogP contribution in [0.2, 0.25) is 0 Å². The first-order chi connectivity index (χ1) is 12.0. The Morgan fingerprint density at radius 1 is 1.12 bits per heavy atom. The normalized spacial score (nSPS) is 10.8. The van der Waals surface area contributed by atoms with Crippen molar-refractivity contribution in [3.8, 4) is 0 Å². The predicted molar refractivity (Wildman–Crippen MR) is 99.0 cm³/mol. The van der Waals surface area contributed by atoms with E-state index in [0.717, 1.165) is 29.9 Å². The van der Waals surface area contributed by atoms with E-state index in [2.05, 4.69) is 27.2 Å². The number of nitrogens with zero attached hydrogens (tertiary/aromatic N) is 5. The standard InChI is InChI=1S/C19H23N5O/c1-15-17(12-20-23(15)3)14-24-19(25)11-18(13-21-24)22(2)10-9-16-7-5-4-6-8-16/h4-8,11-13H,9-10,14H2,1-3H3. The smallest absolute Gasteiger partial charge is 0.269 e. The fraction of sp³-hybridized carbons (Fsp3) is 0.316. The molecule has 130 valence electrons. The molecule has 0 aliphatic carbocycles. The first-order valence-corrected chi connectivity index (χ1v) is 8.34. The highest BCUT2D eigenvalue weighted by atomic mass is 16.1. The van der Waals surface area contributed by atoms with E-state index in [0.29, 0.717) is 6.54 Å². The van der Waals surface area contributed by atoms with Crippen molar-refractivity contribution in [3.05, 3.63) is 76.0 Å². The Labute approximate surface area is 147 Å². The molecule has 0 saturated heterocycles. The largest absolute Gasteiger partial charge is 0.373 e. The Balaban J connectivity index is 1.68. The molecule has 0 saturated carbocycles. The highest BCUT2D eigenvalue weighted by Gasteiger charge is 2.09. The molecule has 0 aliphatic rings. The zero-order chi connectivity index (χ0) is 17.8. The van der Waals surface area contributed by atoms with E-state index < -0.39 is 0 Å². The van der Waals surface area contributed by atoms with Gasteiger partial charge in [-0.3, -0.25) is 9.48 Å². The molecule has 3 aromatic rings.